The molecule has 1 heterocycles. The van der Waals surface area contributed by atoms with Crippen LogP contribution in [0.1, 0.15) is 26.7 Å². The highest BCUT2D eigenvalue weighted by Crippen LogP contribution is 2.32. The van der Waals surface area contributed by atoms with Crippen LogP contribution in [0.25, 0.3) is 22.4 Å². The Balaban J connectivity index is 2.25. The highest BCUT2D eigenvalue weighted by molar-refractivity contribution is 5.86. The van der Waals surface area contributed by atoms with Crippen molar-refractivity contribution in [3.05, 3.63) is 48.3 Å². The van der Waals surface area contributed by atoms with Gasteiger partial charge in [-0.05, 0) is 30.2 Å². The fraction of sp³-hybridized carbons (Fsp3) is 0.350. The first-order valence-electron chi connectivity index (χ1n) is 8.47. The molecule has 0 aliphatic rings. The monoisotopic (exact) mass is 326 g/mol. The van der Waals surface area contributed by atoms with Gasteiger partial charge in [0.25, 0.3) is 0 Å². The predicted octanol–water partition coefficient (Wildman–Crippen LogP) is 5.29. The molecule has 0 saturated carbocycles. The zero-order chi connectivity index (χ0) is 17.1. The first-order valence-corrected chi connectivity index (χ1v) is 8.47. The molecule has 126 valence electrons. The molecule has 4 heteroatoms. The molecule has 2 aromatic carbocycles. The summed E-state index contributed by atoms with van der Waals surface area (Å²) in [5.74, 6) is 1.66. The molecule has 0 radical (unpaired) electrons. The summed E-state index contributed by atoms with van der Waals surface area (Å²) in [6, 6.07) is 12.7. The lowest BCUT2D eigenvalue weighted by molar-refractivity contribution is 0.418. The number of halogens is 1. The lowest BCUT2D eigenvalue weighted by atomic mass is 10.0. The van der Waals surface area contributed by atoms with Crippen LogP contribution in [0.3, 0.4) is 0 Å². The molecule has 3 nitrogen and oxygen atoms in total. The molecule has 3 aromatic rings. The molecule has 0 atom stereocenters. The summed E-state index contributed by atoms with van der Waals surface area (Å²) in [6.07, 6.45) is 2.16. The number of hydrogen-bond acceptors (Lipinski definition) is 2. The fourth-order valence-electron chi connectivity index (χ4n) is 3.12. The highest BCUT2D eigenvalue weighted by Gasteiger charge is 2.19. The average Bonchev–Trinajstić information content (AvgIpc) is 2.98. The number of para-hydroxylation sites is 1. The van der Waals surface area contributed by atoms with E-state index in [-0.39, 0.29) is 5.82 Å². The molecule has 1 aromatic heterocycles. The van der Waals surface area contributed by atoms with E-state index in [1.807, 2.05) is 24.3 Å². The van der Waals surface area contributed by atoms with Crippen LogP contribution in [-0.2, 0) is 6.54 Å². The van der Waals surface area contributed by atoms with Crippen LogP contribution in [-0.4, -0.2) is 16.7 Å². The van der Waals surface area contributed by atoms with Crippen molar-refractivity contribution in [2.45, 2.75) is 33.2 Å². The summed E-state index contributed by atoms with van der Waals surface area (Å²) in [5.41, 5.74) is 2.30. The van der Waals surface area contributed by atoms with Crippen LogP contribution >= 0.6 is 0 Å². The Bertz CT molecular complexity index is 837. The quantitative estimate of drug-likeness (QED) is 0.615. The van der Waals surface area contributed by atoms with Crippen molar-refractivity contribution in [3.8, 4) is 17.1 Å². The maximum Gasteiger partial charge on any atom is 0.146 e. The molecular weight excluding hydrogens is 303 g/mol. The van der Waals surface area contributed by atoms with Gasteiger partial charge in [0.1, 0.15) is 22.9 Å². The second kappa shape index (κ2) is 7.04. The number of benzene rings is 2. The van der Waals surface area contributed by atoms with Gasteiger partial charge in [-0.25, -0.2) is 9.37 Å². The van der Waals surface area contributed by atoms with Crippen molar-refractivity contribution in [1.82, 2.24) is 9.55 Å². The molecule has 0 spiro atoms. The molecule has 0 unspecified atom stereocenters. The number of nitrogens with zero attached hydrogens (tertiary/aromatic N) is 2. The van der Waals surface area contributed by atoms with E-state index in [9.17, 15) is 4.39 Å². The maximum atomic E-state index is 14.4. The van der Waals surface area contributed by atoms with Gasteiger partial charge in [0, 0.05) is 6.54 Å². The Morgan fingerprint density at radius 3 is 2.50 bits per heavy atom. The van der Waals surface area contributed by atoms with E-state index >= 15 is 0 Å². The van der Waals surface area contributed by atoms with E-state index in [4.69, 9.17) is 9.72 Å². The van der Waals surface area contributed by atoms with Gasteiger partial charge in [-0.3, -0.25) is 0 Å². The highest BCUT2D eigenvalue weighted by atomic mass is 19.1. The number of methoxy groups -OCH3 is 1. The largest absolute Gasteiger partial charge is 0.494 e. The Labute approximate surface area is 142 Å². The molecular formula is C20H23FN2O. The number of fused-ring (bicyclic) bond motifs is 1. The Hall–Kier alpha value is -2.36. The van der Waals surface area contributed by atoms with Crippen molar-refractivity contribution in [2.24, 2.45) is 5.92 Å². The summed E-state index contributed by atoms with van der Waals surface area (Å²) in [5, 5.41) is 0. The maximum absolute atomic E-state index is 14.4. The van der Waals surface area contributed by atoms with Crippen molar-refractivity contribution < 1.29 is 9.13 Å². The molecule has 0 aliphatic carbocycles. The van der Waals surface area contributed by atoms with Gasteiger partial charge >= 0.3 is 0 Å². The molecule has 24 heavy (non-hydrogen) atoms. The molecule has 0 bridgehead atoms. The minimum absolute atomic E-state index is 0.252. The summed E-state index contributed by atoms with van der Waals surface area (Å²) in [6.45, 7) is 5.20. The zero-order valence-electron chi connectivity index (χ0n) is 14.4. The minimum atomic E-state index is -0.252. The van der Waals surface area contributed by atoms with Crippen LogP contribution in [0.2, 0.25) is 0 Å². The van der Waals surface area contributed by atoms with E-state index < -0.39 is 0 Å². The number of ether oxygens (including phenoxy) is 1. The van der Waals surface area contributed by atoms with Crippen LogP contribution in [0.5, 0.6) is 5.75 Å². The summed E-state index contributed by atoms with van der Waals surface area (Å²) >= 11 is 0. The van der Waals surface area contributed by atoms with Gasteiger partial charge in [0.15, 0.2) is 0 Å². The number of rotatable bonds is 6. The normalized spacial score (nSPS) is 11.4. The summed E-state index contributed by atoms with van der Waals surface area (Å²) in [7, 11) is 1.64. The molecule has 0 amide bonds. The zero-order valence-corrected chi connectivity index (χ0v) is 14.4. The van der Waals surface area contributed by atoms with Crippen LogP contribution in [0.4, 0.5) is 4.39 Å². The van der Waals surface area contributed by atoms with E-state index in [1.165, 1.54) is 6.07 Å². The summed E-state index contributed by atoms with van der Waals surface area (Å²) in [4.78, 5) is 4.73. The third-order valence-corrected chi connectivity index (χ3v) is 4.67. The molecule has 3 rings (SSSR count). The third-order valence-electron chi connectivity index (χ3n) is 4.67. The third kappa shape index (κ3) is 2.88. The standard InChI is InChI=1S/C20H23FN2O/c1-4-14(5-2)13-23-17-11-8-12-18(24-3)19(17)22-20(23)15-9-6-7-10-16(15)21/h6-12,14H,4-5,13H2,1-3H3. The molecule has 0 N–H and O–H groups in total. The van der Waals surface area contributed by atoms with E-state index in [0.29, 0.717) is 23.1 Å². The second-order valence-corrected chi connectivity index (χ2v) is 6.04. The first-order chi connectivity index (χ1) is 11.7. The molecule has 0 saturated heterocycles. The van der Waals surface area contributed by atoms with Crippen molar-refractivity contribution in [2.75, 3.05) is 7.11 Å². The van der Waals surface area contributed by atoms with Gasteiger partial charge < -0.3 is 9.30 Å². The lowest BCUT2D eigenvalue weighted by Crippen LogP contribution is -2.10. The van der Waals surface area contributed by atoms with E-state index in [1.54, 1.807) is 19.2 Å². The Kier molecular flexibility index (Phi) is 4.84. The van der Waals surface area contributed by atoms with Crippen molar-refractivity contribution in [1.29, 1.82) is 0 Å². The number of aromatic nitrogens is 2. The Morgan fingerprint density at radius 2 is 1.83 bits per heavy atom. The molecule has 0 fully saturated rings. The Morgan fingerprint density at radius 1 is 1.08 bits per heavy atom. The van der Waals surface area contributed by atoms with E-state index in [0.717, 1.165) is 30.4 Å². The topological polar surface area (TPSA) is 27.1 Å². The van der Waals surface area contributed by atoms with Crippen molar-refractivity contribution in [3.63, 3.8) is 0 Å². The van der Waals surface area contributed by atoms with Crippen LogP contribution in [0, 0.1) is 11.7 Å². The van der Waals surface area contributed by atoms with Crippen molar-refractivity contribution >= 4 is 11.0 Å². The van der Waals surface area contributed by atoms with Gasteiger partial charge in [0.05, 0.1) is 18.2 Å². The van der Waals surface area contributed by atoms with E-state index in [2.05, 4.69) is 18.4 Å². The first kappa shape index (κ1) is 16.5. The lowest BCUT2D eigenvalue weighted by Gasteiger charge is -2.16. The SMILES string of the molecule is CCC(CC)Cn1c(-c2ccccc2F)nc2c(OC)cccc21. The predicted molar refractivity (Wildman–Crippen MR) is 95.8 cm³/mol. The summed E-state index contributed by atoms with van der Waals surface area (Å²) < 4.78 is 22.0. The number of imidazole rings is 1. The molecule has 0 aliphatic heterocycles. The average molecular weight is 326 g/mol. The minimum Gasteiger partial charge on any atom is -0.494 e. The number of hydrogen-bond donors (Lipinski definition) is 0. The van der Waals surface area contributed by atoms with Gasteiger partial charge in [0.2, 0.25) is 0 Å². The fourth-order valence-corrected chi connectivity index (χ4v) is 3.12. The van der Waals surface area contributed by atoms with Gasteiger partial charge in [-0.15, -0.1) is 0 Å². The van der Waals surface area contributed by atoms with Crippen LogP contribution < -0.4 is 4.74 Å². The second-order valence-electron chi connectivity index (χ2n) is 6.04. The van der Waals surface area contributed by atoms with Crippen LogP contribution in [0.15, 0.2) is 42.5 Å². The van der Waals surface area contributed by atoms with Gasteiger partial charge in [-0.1, -0.05) is 44.9 Å². The smallest absolute Gasteiger partial charge is 0.146 e. The van der Waals surface area contributed by atoms with Gasteiger partial charge in [-0.2, -0.15) is 0 Å².